The molecule has 17 heavy (non-hydrogen) atoms. The van der Waals surface area contributed by atoms with Gasteiger partial charge in [-0.1, -0.05) is 25.1 Å². The molecule has 2 N–H and O–H groups in total. The van der Waals surface area contributed by atoms with E-state index < -0.39 is 0 Å². The molecule has 0 aliphatic carbocycles. The lowest BCUT2D eigenvalue weighted by Gasteiger charge is -2.16. The second kappa shape index (κ2) is 5.68. The van der Waals surface area contributed by atoms with Crippen LogP contribution < -0.4 is 15.4 Å². The van der Waals surface area contributed by atoms with Crippen LogP contribution >= 0.6 is 0 Å². The van der Waals surface area contributed by atoms with Crippen LogP contribution in [0.4, 0.5) is 0 Å². The largest absolute Gasteiger partial charge is 0.484 e. The van der Waals surface area contributed by atoms with Gasteiger partial charge in [-0.3, -0.25) is 4.79 Å². The van der Waals surface area contributed by atoms with Gasteiger partial charge in [-0.25, -0.2) is 0 Å². The molecule has 0 spiro atoms. The van der Waals surface area contributed by atoms with Gasteiger partial charge in [0.15, 0.2) is 6.61 Å². The third-order valence-corrected chi connectivity index (χ3v) is 2.98. The fraction of sp³-hybridized carbons (Fsp3) is 0.462. The number of benzene rings is 1. The highest BCUT2D eigenvalue weighted by Gasteiger charge is 2.24. The van der Waals surface area contributed by atoms with Gasteiger partial charge in [-0.05, 0) is 24.6 Å². The van der Waals surface area contributed by atoms with E-state index in [0.717, 1.165) is 18.8 Å². The second-order valence-corrected chi connectivity index (χ2v) is 4.41. The van der Waals surface area contributed by atoms with Gasteiger partial charge in [0.2, 0.25) is 0 Å². The van der Waals surface area contributed by atoms with Gasteiger partial charge in [0.05, 0.1) is 0 Å². The Labute approximate surface area is 101 Å². The van der Waals surface area contributed by atoms with Crippen LogP contribution in [0, 0.1) is 5.92 Å². The first-order valence-corrected chi connectivity index (χ1v) is 5.93. The Morgan fingerprint density at radius 1 is 1.41 bits per heavy atom. The Hall–Kier alpha value is -1.55. The lowest BCUT2D eigenvalue weighted by molar-refractivity contribution is -0.123. The summed E-state index contributed by atoms with van der Waals surface area (Å²) < 4.78 is 5.38. The molecule has 0 bridgehead atoms. The molecule has 1 amide bonds. The van der Waals surface area contributed by atoms with Crippen molar-refractivity contribution in [3.05, 3.63) is 30.3 Å². The van der Waals surface area contributed by atoms with Crippen LogP contribution in [-0.2, 0) is 4.79 Å². The Bertz CT molecular complexity index is 367. The zero-order valence-corrected chi connectivity index (χ0v) is 9.98. The van der Waals surface area contributed by atoms with Crippen molar-refractivity contribution < 1.29 is 9.53 Å². The highest BCUT2D eigenvalue weighted by molar-refractivity contribution is 5.77. The van der Waals surface area contributed by atoms with Gasteiger partial charge in [-0.15, -0.1) is 0 Å². The Morgan fingerprint density at radius 2 is 2.18 bits per heavy atom. The maximum Gasteiger partial charge on any atom is 0.258 e. The minimum Gasteiger partial charge on any atom is -0.484 e. The number of amides is 1. The normalized spacial score (nSPS) is 23.4. The second-order valence-electron chi connectivity index (χ2n) is 4.41. The average Bonchev–Trinajstić information content (AvgIpc) is 2.74. The van der Waals surface area contributed by atoms with Gasteiger partial charge >= 0.3 is 0 Å². The quantitative estimate of drug-likeness (QED) is 0.810. The molecule has 2 unspecified atom stereocenters. The summed E-state index contributed by atoms with van der Waals surface area (Å²) in [6.45, 7) is 4.01. The van der Waals surface area contributed by atoms with Crippen molar-refractivity contribution in [1.82, 2.24) is 10.6 Å². The molecule has 0 aromatic heterocycles. The predicted octanol–water partition coefficient (Wildman–Crippen LogP) is 0.790. The number of carbonyl (C=O) groups is 1. The average molecular weight is 234 g/mol. The summed E-state index contributed by atoms with van der Waals surface area (Å²) in [5.41, 5.74) is 0. The van der Waals surface area contributed by atoms with Crippen LogP contribution in [0.5, 0.6) is 5.75 Å². The first kappa shape index (κ1) is 11.9. The summed E-state index contributed by atoms with van der Waals surface area (Å²) in [4.78, 5) is 11.7. The molecule has 4 nitrogen and oxygen atoms in total. The van der Waals surface area contributed by atoms with Crippen LogP contribution in [0.2, 0.25) is 0 Å². The third-order valence-electron chi connectivity index (χ3n) is 2.98. The molecule has 2 rings (SSSR count). The van der Waals surface area contributed by atoms with E-state index in [-0.39, 0.29) is 18.6 Å². The fourth-order valence-electron chi connectivity index (χ4n) is 1.92. The molecule has 4 heteroatoms. The molecule has 1 saturated heterocycles. The number of rotatable bonds is 4. The van der Waals surface area contributed by atoms with E-state index in [4.69, 9.17) is 4.74 Å². The van der Waals surface area contributed by atoms with Crippen molar-refractivity contribution in [1.29, 1.82) is 0 Å². The standard InChI is InChI=1S/C13H18N2O2/c1-10-7-14-8-12(10)15-13(16)9-17-11-5-3-2-4-6-11/h2-6,10,12,14H,7-9H2,1H3,(H,15,16). The molecule has 1 heterocycles. The van der Waals surface area contributed by atoms with E-state index in [2.05, 4.69) is 17.6 Å². The molecule has 1 aliphatic heterocycles. The highest BCUT2D eigenvalue weighted by Crippen LogP contribution is 2.09. The SMILES string of the molecule is CC1CNCC1NC(=O)COc1ccccc1. The summed E-state index contributed by atoms with van der Waals surface area (Å²) in [6, 6.07) is 9.59. The molecular formula is C13H18N2O2. The molecule has 1 aliphatic rings. The first-order valence-electron chi connectivity index (χ1n) is 5.93. The van der Waals surface area contributed by atoms with Gasteiger partial charge in [0, 0.05) is 12.6 Å². The first-order chi connectivity index (χ1) is 8.25. The molecular weight excluding hydrogens is 216 g/mol. The van der Waals surface area contributed by atoms with Crippen molar-refractivity contribution in [3.8, 4) is 5.75 Å². The van der Waals surface area contributed by atoms with Crippen LogP contribution in [-0.4, -0.2) is 31.6 Å². The van der Waals surface area contributed by atoms with Crippen LogP contribution in [0.1, 0.15) is 6.92 Å². The van der Waals surface area contributed by atoms with Gasteiger partial charge in [0.25, 0.3) is 5.91 Å². The van der Waals surface area contributed by atoms with Crippen molar-refractivity contribution >= 4 is 5.91 Å². The van der Waals surface area contributed by atoms with E-state index in [0.29, 0.717) is 5.92 Å². The van der Waals surface area contributed by atoms with Crippen LogP contribution in [0.25, 0.3) is 0 Å². The Balaban J connectivity index is 1.74. The van der Waals surface area contributed by atoms with E-state index in [1.807, 2.05) is 30.3 Å². The Kier molecular flexibility index (Phi) is 3.98. The molecule has 0 radical (unpaired) electrons. The predicted molar refractivity (Wildman–Crippen MR) is 65.9 cm³/mol. The molecule has 2 atom stereocenters. The molecule has 92 valence electrons. The molecule has 1 aromatic carbocycles. The number of para-hydroxylation sites is 1. The fourth-order valence-corrected chi connectivity index (χ4v) is 1.92. The number of hydrogen-bond donors (Lipinski definition) is 2. The minimum atomic E-state index is -0.0607. The highest BCUT2D eigenvalue weighted by atomic mass is 16.5. The third kappa shape index (κ3) is 3.46. The number of ether oxygens (including phenoxy) is 1. The van der Waals surface area contributed by atoms with E-state index in [1.54, 1.807) is 0 Å². The van der Waals surface area contributed by atoms with Gasteiger partial charge < -0.3 is 15.4 Å². The maximum absolute atomic E-state index is 11.7. The Morgan fingerprint density at radius 3 is 2.82 bits per heavy atom. The minimum absolute atomic E-state index is 0.0607. The van der Waals surface area contributed by atoms with E-state index in [1.165, 1.54) is 0 Å². The zero-order chi connectivity index (χ0) is 12.1. The zero-order valence-electron chi connectivity index (χ0n) is 9.98. The summed E-state index contributed by atoms with van der Waals surface area (Å²) in [6.07, 6.45) is 0. The number of nitrogens with one attached hydrogen (secondary N) is 2. The number of hydrogen-bond acceptors (Lipinski definition) is 3. The van der Waals surface area contributed by atoms with Crippen molar-refractivity contribution in [2.75, 3.05) is 19.7 Å². The summed E-state index contributed by atoms with van der Waals surface area (Å²) in [5.74, 6) is 1.14. The lowest BCUT2D eigenvalue weighted by Crippen LogP contribution is -2.41. The van der Waals surface area contributed by atoms with Gasteiger partial charge in [-0.2, -0.15) is 0 Å². The summed E-state index contributed by atoms with van der Waals surface area (Å²) in [5, 5.41) is 6.22. The van der Waals surface area contributed by atoms with Crippen molar-refractivity contribution in [2.45, 2.75) is 13.0 Å². The maximum atomic E-state index is 11.7. The monoisotopic (exact) mass is 234 g/mol. The van der Waals surface area contributed by atoms with Gasteiger partial charge in [0.1, 0.15) is 5.75 Å². The molecule has 0 saturated carbocycles. The number of carbonyl (C=O) groups excluding carboxylic acids is 1. The van der Waals surface area contributed by atoms with Crippen molar-refractivity contribution in [3.63, 3.8) is 0 Å². The van der Waals surface area contributed by atoms with Crippen LogP contribution in [0.15, 0.2) is 30.3 Å². The summed E-state index contributed by atoms with van der Waals surface area (Å²) in [7, 11) is 0. The summed E-state index contributed by atoms with van der Waals surface area (Å²) >= 11 is 0. The smallest absolute Gasteiger partial charge is 0.258 e. The lowest BCUT2D eigenvalue weighted by atomic mass is 10.1. The van der Waals surface area contributed by atoms with E-state index in [9.17, 15) is 4.79 Å². The van der Waals surface area contributed by atoms with Crippen LogP contribution in [0.3, 0.4) is 0 Å². The van der Waals surface area contributed by atoms with Crippen molar-refractivity contribution in [2.24, 2.45) is 5.92 Å². The van der Waals surface area contributed by atoms with E-state index >= 15 is 0 Å². The molecule has 1 aromatic rings. The topological polar surface area (TPSA) is 50.4 Å². The molecule has 1 fully saturated rings.